The Hall–Kier alpha value is -1.53. The van der Waals surface area contributed by atoms with E-state index in [0.717, 1.165) is 17.9 Å². The summed E-state index contributed by atoms with van der Waals surface area (Å²) in [7, 11) is 1.90. The van der Waals surface area contributed by atoms with Gasteiger partial charge in [0.15, 0.2) is 0 Å². The number of hydrogen-bond donors (Lipinski definition) is 1. The first-order valence-corrected chi connectivity index (χ1v) is 5.03. The molecule has 0 aliphatic carbocycles. The van der Waals surface area contributed by atoms with Gasteiger partial charge in [0.2, 0.25) is 0 Å². The van der Waals surface area contributed by atoms with Crippen molar-refractivity contribution in [2.24, 2.45) is 5.92 Å². The average molecular weight is 204 g/mol. The largest absolute Gasteiger partial charge is 0.492 e. The average Bonchev–Trinajstić information content (AvgIpc) is 2.28. The van der Waals surface area contributed by atoms with Crippen molar-refractivity contribution in [3.63, 3.8) is 0 Å². The summed E-state index contributed by atoms with van der Waals surface area (Å²) >= 11 is 0. The van der Waals surface area contributed by atoms with E-state index in [0.29, 0.717) is 6.61 Å². The van der Waals surface area contributed by atoms with Crippen LogP contribution in [0.25, 0.3) is 0 Å². The summed E-state index contributed by atoms with van der Waals surface area (Å²) < 4.78 is 5.58. The molecule has 0 saturated carbocycles. The third-order valence-corrected chi connectivity index (χ3v) is 2.05. The predicted molar refractivity (Wildman–Crippen MR) is 59.5 cm³/mol. The van der Waals surface area contributed by atoms with Crippen molar-refractivity contribution < 1.29 is 4.74 Å². The highest BCUT2D eigenvalue weighted by molar-refractivity contribution is 5.33. The molecule has 1 N–H and O–H groups in total. The van der Waals surface area contributed by atoms with Crippen molar-refractivity contribution in [2.45, 2.75) is 13.5 Å². The van der Waals surface area contributed by atoms with E-state index in [1.807, 2.05) is 38.2 Å². The number of para-hydroxylation sites is 1. The summed E-state index contributed by atoms with van der Waals surface area (Å²) in [5.41, 5.74) is 1.12. The van der Waals surface area contributed by atoms with Crippen LogP contribution >= 0.6 is 0 Å². The fraction of sp³-hybridized carbons (Fsp3) is 0.417. The van der Waals surface area contributed by atoms with E-state index in [-0.39, 0.29) is 5.92 Å². The van der Waals surface area contributed by atoms with Gasteiger partial charge in [-0.1, -0.05) is 18.2 Å². The van der Waals surface area contributed by atoms with Gasteiger partial charge in [0, 0.05) is 12.1 Å². The molecule has 1 aromatic carbocycles. The molecule has 3 nitrogen and oxygen atoms in total. The zero-order chi connectivity index (χ0) is 11.1. The maximum Gasteiger partial charge on any atom is 0.123 e. The minimum atomic E-state index is -0.0763. The summed E-state index contributed by atoms with van der Waals surface area (Å²) in [5, 5.41) is 11.7. The summed E-state index contributed by atoms with van der Waals surface area (Å²) in [6, 6.07) is 10.0. The molecule has 0 radical (unpaired) electrons. The number of nitrogens with one attached hydrogen (secondary N) is 1. The zero-order valence-corrected chi connectivity index (χ0v) is 9.16. The minimum absolute atomic E-state index is 0.0763. The van der Waals surface area contributed by atoms with Gasteiger partial charge in [-0.3, -0.25) is 0 Å². The minimum Gasteiger partial charge on any atom is -0.492 e. The molecule has 0 bridgehead atoms. The third-order valence-electron chi connectivity index (χ3n) is 2.05. The molecule has 0 heterocycles. The standard InChI is InChI=1S/C12H16N2O/c1-10(7-13)9-15-12-6-4-3-5-11(12)8-14-2/h3-6,10,14H,8-9H2,1-2H3. The number of nitriles is 1. The lowest BCUT2D eigenvalue weighted by Crippen LogP contribution is -2.10. The highest BCUT2D eigenvalue weighted by Gasteiger charge is 2.04. The fourth-order valence-corrected chi connectivity index (χ4v) is 1.23. The first-order chi connectivity index (χ1) is 7.27. The van der Waals surface area contributed by atoms with Crippen LogP contribution in [0.3, 0.4) is 0 Å². The fourth-order valence-electron chi connectivity index (χ4n) is 1.23. The molecule has 15 heavy (non-hydrogen) atoms. The quantitative estimate of drug-likeness (QED) is 0.797. The first-order valence-electron chi connectivity index (χ1n) is 5.03. The molecule has 0 fully saturated rings. The van der Waals surface area contributed by atoms with Crippen LogP contribution in [-0.2, 0) is 6.54 Å². The Morgan fingerprint density at radius 2 is 2.20 bits per heavy atom. The Kier molecular flexibility index (Phi) is 4.65. The molecular weight excluding hydrogens is 188 g/mol. The summed E-state index contributed by atoms with van der Waals surface area (Å²) in [6.07, 6.45) is 0. The highest BCUT2D eigenvalue weighted by Crippen LogP contribution is 2.18. The van der Waals surface area contributed by atoms with Crippen molar-refractivity contribution >= 4 is 0 Å². The molecule has 0 aliphatic rings. The van der Waals surface area contributed by atoms with E-state index < -0.39 is 0 Å². The lowest BCUT2D eigenvalue weighted by Gasteiger charge is -2.11. The Labute approximate surface area is 90.7 Å². The lowest BCUT2D eigenvalue weighted by atomic mass is 10.2. The maximum atomic E-state index is 8.64. The van der Waals surface area contributed by atoms with E-state index >= 15 is 0 Å². The molecule has 0 saturated heterocycles. The molecule has 0 aromatic heterocycles. The van der Waals surface area contributed by atoms with Crippen LogP contribution in [-0.4, -0.2) is 13.7 Å². The Bertz CT molecular complexity index is 344. The molecule has 80 valence electrons. The van der Waals surface area contributed by atoms with E-state index in [1.54, 1.807) is 0 Å². The second-order valence-corrected chi connectivity index (χ2v) is 3.48. The molecule has 0 aliphatic heterocycles. The van der Waals surface area contributed by atoms with Crippen molar-refractivity contribution in [1.29, 1.82) is 5.26 Å². The van der Waals surface area contributed by atoms with E-state index in [2.05, 4.69) is 11.4 Å². The van der Waals surface area contributed by atoms with E-state index in [4.69, 9.17) is 10.00 Å². The summed E-state index contributed by atoms with van der Waals surface area (Å²) in [6.45, 7) is 3.06. The van der Waals surface area contributed by atoms with Gasteiger partial charge in [-0.05, 0) is 20.0 Å². The molecule has 1 rings (SSSR count). The van der Waals surface area contributed by atoms with Crippen LogP contribution in [0.5, 0.6) is 5.75 Å². The van der Waals surface area contributed by atoms with Crippen molar-refractivity contribution in [3.8, 4) is 11.8 Å². The van der Waals surface area contributed by atoms with E-state index in [1.165, 1.54) is 0 Å². The summed E-state index contributed by atoms with van der Waals surface area (Å²) in [4.78, 5) is 0. The van der Waals surface area contributed by atoms with Crippen LogP contribution in [0.1, 0.15) is 12.5 Å². The number of nitrogens with zero attached hydrogens (tertiary/aromatic N) is 1. The highest BCUT2D eigenvalue weighted by atomic mass is 16.5. The van der Waals surface area contributed by atoms with E-state index in [9.17, 15) is 0 Å². The van der Waals surface area contributed by atoms with Gasteiger partial charge in [-0.25, -0.2) is 0 Å². The monoisotopic (exact) mass is 204 g/mol. The van der Waals surface area contributed by atoms with Crippen LogP contribution in [0, 0.1) is 17.2 Å². The van der Waals surface area contributed by atoms with Crippen molar-refractivity contribution in [2.75, 3.05) is 13.7 Å². The molecule has 3 heteroatoms. The third kappa shape index (κ3) is 3.61. The summed E-state index contributed by atoms with van der Waals surface area (Å²) in [5.74, 6) is 0.779. The topological polar surface area (TPSA) is 45.0 Å². The Balaban J connectivity index is 2.63. The van der Waals surface area contributed by atoms with Crippen LogP contribution in [0.2, 0.25) is 0 Å². The number of ether oxygens (including phenoxy) is 1. The Morgan fingerprint density at radius 3 is 2.87 bits per heavy atom. The predicted octanol–water partition coefficient (Wildman–Crippen LogP) is 1.94. The molecule has 1 atom stereocenters. The van der Waals surface area contributed by atoms with Gasteiger partial charge >= 0.3 is 0 Å². The van der Waals surface area contributed by atoms with Gasteiger partial charge in [-0.15, -0.1) is 0 Å². The SMILES string of the molecule is CNCc1ccccc1OCC(C)C#N. The molecular formula is C12H16N2O. The van der Waals surface area contributed by atoms with Crippen LogP contribution < -0.4 is 10.1 Å². The van der Waals surface area contributed by atoms with Gasteiger partial charge in [-0.2, -0.15) is 5.26 Å². The number of rotatable bonds is 5. The molecule has 0 amide bonds. The molecule has 1 unspecified atom stereocenters. The second kappa shape index (κ2) is 6.05. The van der Waals surface area contributed by atoms with Crippen molar-refractivity contribution in [3.05, 3.63) is 29.8 Å². The first kappa shape index (κ1) is 11.5. The number of hydrogen-bond acceptors (Lipinski definition) is 3. The molecule has 1 aromatic rings. The Morgan fingerprint density at radius 1 is 1.47 bits per heavy atom. The van der Waals surface area contributed by atoms with Crippen molar-refractivity contribution in [1.82, 2.24) is 5.32 Å². The lowest BCUT2D eigenvalue weighted by molar-refractivity contribution is 0.285. The second-order valence-electron chi connectivity index (χ2n) is 3.48. The maximum absolute atomic E-state index is 8.64. The van der Waals surface area contributed by atoms with Gasteiger partial charge < -0.3 is 10.1 Å². The normalized spacial score (nSPS) is 11.8. The zero-order valence-electron chi connectivity index (χ0n) is 9.16. The van der Waals surface area contributed by atoms with Crippen LogP contribution in [0.15, 0.2) is 24.3 Å². The number of benzene rings is 1. The van der Waals surface area contributed by atoms with Crippen LogP contribution in [0.4, 0.5) is 0 Å². The van der Waals surface area contributed by atoms with Gasteiger partial charge in [0.25, 0.3) is 0 Å². The molecule has 0 spiro atoms. The van der Waals surface area contributed by atoms with Gasteiger partial charge in [0.1, 0.15) is 12.4 Å². The van der Waals surface area contributed by atoms with Gasteiger partial charge in [0.05, 0.1) is 12.0 Å². The smallest absolute Gasteiger partial charge is 0.123 e.